The first-order valence-electron chi connectivity index (χ1n) is 12.3. The van der Waals surface area contributed by atoms with Gasteiger partial charge in [0.05, 0.1) is 6.04 Å². The molecule has 8 heteroatoms. The highest BCUT2D eigenvalue weighted by Gasteiger charge is 2.52. The second-order valence-corrected chi connectivity index (χ2v) is 9.89. The number of piperazine rings is 1. The molecular formula is C25H37N5O3. The van der Waals surface area contributed by atoms with Crippen LogP contribution in [-0.2, 0) is 9.59 Å². The van der Waals surface area contributed by atoms with E-state index in [9.17, 15) is 14.4 Å². The van der Waals surface area contributed by atoms with Crippen LogP contribution in [0.15, 0.2) is 30.3 Å². The van der Waals surface area contributed by atoms with Crippen molar-refractivity contribution >= 4 is 17.8 Å². The van der Waals surface area contributed by atoms with E-state index in [0.717, 1.165) is 55.9 Å². The quantitative estimate of drug-likeness (QED) is 0.614. The first-order chi connectivity index (χ1) is 15.9. The molecule has 0 bridgehead atoms. The van der Waals surface area contributed by atoms with Gasteiger partial charge in [-0.1, -0.05) is 43.7 Å². The van der Waals surface area contributed by atoms with Crippen molar-refractivity contribution in [1.29, 1.82) is 0 Å². The molecular weight excluding hydrogens is 418 g/mol. The van der Waals surface area contributed by atoms with Crippen LogP contribution in [0.4, 0.5) is 4.79 Å². The number of urea groups is 1. The third kappa shape index (κ3) is 5.38. The van der Waals surface area contributed by atoms with Crippen molar-refractivity contribution < 1.29 is 14.4 Å². The average molecular weight is 456 g/mol. The predicted octanol–water partition coefficient (Wildman–Crippen LogP) is 1.98. The number of nitrogens with zero attached hydrogens (tertiary/aromatic N) is 3. The Kier molecular flexibility index (Phi) is 7.34. The Morgan fingerprint density at radius 3 is 2.42 bits per heavy atom. The van der Waals surface area contributed by atoms with Crippen molar-refractivity contribution in [3.63, 3.8) is 0 Å². The molecule has 1 atom stereocenters. The number of carbonyl (C=O) groups excluding carboxylic acids is 3. The third-order valence-corrected chi connectivity index (χ3v) is 7.66. The van der Waals surface area contributed by atoms with Gasteiger partial charge in [-0.15, -0.1) is 0 Å². The highest BCUT2D eigenvalue weighted by atomic mass is 16.2. The molecule has 0 aromatic heterocycles. The summed E-state index contributed by atoms with van der Waals surface area (Å²) in [6.07, 6.45) is 4.28. The molecule has 180 valence electrons. The lowest BCUT2D eigenvalue weighted by atomic mass is 9.75. The van der Waals surface area contributed by atoms with Crippen LogP contribution in [0, 0.1) is 5.92 Å². The summed E-state index contributed by atoms with van der Waals surface area (Å²) in [6.45, 7) is 6.52. The lowest BCUT2D eigenvalue weighted by molar-refractivity contribution is -0.136. The number of amides is 4. The Morgan fingerprint density at radius 2 is 1.79 bits per heavy atom. The smallest absolute Gasteiger partial charge is 0.325 e. The zero-order valence-electron chi connectivity index (χ0n) is 19.9. The monoisotopic (exact) mass is 455 g/mol. The number of likely N-dealkylation sites (N-methyl/N-ethyl adjacent to an activating group) is 1. The molecule has 2 heterocycles. The van der Waals surface area contributed by atoms with Crippen molar-refractivity contribution in [3.05, 3.63) is 35.9 Å². The Balaban J connectivity index is 1.40. The standard InChI is InChI=1S/C25H37N5O3/c1-3-19-9-11-25(12-10-19)23(32)30(24(33)27-25)18-22(31)26-21(20-7-5-4-6-8-20)17-29-15-13-28(2)14-16-29/h4-8,19,21H,3,9-18H2,1-2H3,(H,26,31)(H,27,33). The van der Waals surface area contributed by atoms with Gasteiger partial charge >= 0.3 is 6.03 Å². The fourth-order valence-electron chi connectivity index (χ4n) is 5.33. The molecule has 1 aromatic rings. The molecule has 1 spiro atoms. The number of hydrogen-bond acceptors (Lipinski definition) is 5. The summed E-state index contributed by atoms with van der Waals surface area (Å²) in [5, 5.41) is 6.02. The van der Waals surface area contributed by atoms with Gasteiger partial charge in [0.15, 0.2) is 0 Å². The minimum absolute atomic E-state index is 0.197. The van der Waals surface area contributed by atoms with E-state index in [0.29, 0.717) is 25.3 Å². The molecule has 2 saturated heterocycles. The summed E-state index contributed by atoms with van der Waals surface area (Å²) in [5.41, 5.74) is 0.207. The van der Waals surface area contributed by atoms with Gasteiger partial charge in [-0.3, -0.25) is 19.4 Å². The van der Waals surface area contributed by atoms with Gasteiger partial charge in [-0.05, 0) is 44.2 Å². The third-order valence-electron chi connectivity index (χ3n) is 7.66. The topological polar surface area (TPSA) is 85.0 Å². The van der Waals surface area contributed by atoms with E-state index in [2.05, 4.69) is 34.4 Å². The maximum absolute atomic E-state index is 13.2. The van der Waals surface area contributed by atoms with Gasteiger partial charge in [0.2, 0.25) is 5.91 Å². The summed E-state index contributed by atoms with van der Waals surface area (Å²) in [7, 11) is 2.12. The lowest BCUT2D eigenvalue weighted by Gasteiger charge is -2.35. The molecule has 33 heavy (non-hydrogen) atoms. The average Bonchev–Trinajstić information content (AvgIpc) is 3.05. The van der Waals surface area contributed by atoms with E-state index < -0.39 is 11.6 Å². The van der Waals surface area contributed by atoms with Crippen molar-refractivity contribution in [1.82, 2.24) is 25.3 Å². The first kappa shape index (κ1) is 23.7. The van der Waals surface area contributed by atoms with Crippen molar-refractivity contribution in [2.24, 2.45) is 5.92 Å². The molecule has 3 aliphatic rings. The van der Waals surface area contributed by atoms with E-state index in [1.165, 1.54) is 0 Å². The Morgan fingerprint density at radius 1 is 1.12 bits per heavy atom. The molecule has 3 fully saturated rings. The Bertz CT molecular complexity index is 845. The molecule has 0 radical (unpaired) electrons. The molecule has 2 N–H and O–H groups in total. The van der Waals surface area contributed by atoms with Crippen LogP contribution in [0.3, 0.4) is 0 Å². The van der Waals surface area contributed by atoms with E-state index in [4.69, 9.17) is 0 Å². The molecule has 4 amide bonds. The lowest BCUT2D eigenvalue weighted by Crippen LogP contribution is -2.50. The van der Waals surface area contributed by atoms with Crippen molar-refractivity contribution in [2.75, 3.05) is 46.3 Å². The second-order valence-electron chi connectivity index (χ2n) is 9.89. The maximum atomic E-state index is 13.2. The zero-order chi connectivity index (χ0) is 23.4. The predicted molar refractivity (Wildman–Crippen MR) is 126 cm³/mol. The number of benzene rings is 1. The molecule has 1 aliphatic carbocycles. The number of hydrogen-bond donors (Lipinski definition) is 2. The highest BCUT2D eigenvalue weighted by Crippen LogP contribution is 2.37. The van der Waals surface area contributed by atoms with Crippen LogP contribution in [-0.4, -0.2) is 84.4 Å². The Hall–Kier alpha value is -2.45. The molecule has 1 unspecified atom stereocenters. The Labute approximate surface area is 196 Å². The molecule has 4 rings (SSSR count). The SMILES string of the molecule is CCC1CCC2(CC1)NC(=O)N(CC(=O)NC(CN1CCN(C)CC1)c1ccccc1)C2=O. The molecule has 2 aliphatic heterocycles. The van der Waals surface area contributed by atoms with E-state index in [-0.39, 0.29) is 24.4 Å². The van der Waals surface area contributed by atoms with Crippen LogP contribution in [0.1, 0.15) is 50.6 Å². The number of imide groups is 1. The van der Waals surface area contributed by atoms with Crippen molar-refractivity contribution in [2.45, 2.75) is 50.6 Å². The van der Waals surface area contributed by atoms with Crippen LogP contribution >= 0.6 is 0 Å². The molecule has 1 aromatic carbocycles. The minimum atomic E-state index is -0.818. The summed E-state index contributed by atoms with van der Waals surface area (Å²) < 4.78 is 0. The summed E-state index contributed by atoms with van der Waals surface area (Å²) in [5.74, 6) is 0.0622. The largest absolute Gasteiger partial charge is 0.346 e. The van der Waals surface area contributed by atoms with Crippen molar-refractivity contribution in [3.8, 4) is 0 Å². The zero-order valence-corrected chi connectivity index (χ0v) is 19.9. The van der Waals surface area contributed by atoms with Gasteiger partial charge in [-0.2, -0.15) is 0 Å². The summed E-state index contributed by atoms with van der Waals surface area (Å²) in [6, 6.07) is 9.26. The van der Waals surface area contributed by atoms with E-state index in [1.54, 1.807) is 0 Å². The van der Waals surface area contributed by atoms with Gasteiger partial charge in [0, 0.05) is 32.7 Å². The number of rotatable bonds is 7. The van der Waals surface area contributed by atoms with Gasteiger partial charge < -0.3 is 15.5 Å². The van der Waals surface area contributed by atoms with Crippen LogP contribution in [0.2, 0.25) is 0 Å². The number of nitrogens with one attached hydrogen (secondary N) is 2. The normalized spacial score (nSPS) is 27.6. The maximum Gasteiger partial charge on any atom is 0.325 e. The van der Waals surface area contributed by atoms with Gasteiger partial charge in [-0.25, -0.2) is 4.79 Å². The van der Waals surface area contributed by atoms with Gasteiger partial charge in [0.1, 0.15) is 12.1 Å². The highest BCUT2D eigenvalue weighted by molar-refractivity contribution is 6.09. The second kappa shape index (κ2) is 10.2. The first-order valence-corrected chi connectivity index (χ1v) is 12.3. The molecule has 1 saturated carbocycles. The van der Waals surface area contributed by atoms with Gasteiger partial charge in [0.25, 0.3) is 5.91 Å². The fourth-order valence-corrected chi connectivity index (χ4v) is 5.33. The van der Waals surface area contributed by atoms with Crippen LogP contribution < -0.4 is 10.6 Å². The van der Waals surface area contributed by atoms with E-state index in [1.807, 2.05) is 30.3 Å². The number of carbonyl (C=O) groups is 3. The van der Waals surface area contributed by atoms with Crippen LogP contribution in [0.25, 0.3) is 0 Å². The van der Waals surface area contributed by atoms with E-state index >= 15 is 0 Å². The summed E-state index contributed by atoms with van der Waals surface area (Å²) >= 11 is 0. The minimum Gasteiger partial charge on any atom is -0.346 e. The fraction of sp³-hybridized carbons (Fsp3) is 0.640. The molecule has 8 nitrogen and oxygen atoms in total. The summed E-state index contributed by atoms with van der Waals surface area (Å²) in [4.78, 5) is 44.6. The van der Waals surface area contributed by atoms with Crippen LogP contribution in [0.5, 0.6) is 0 Å².